The summed E-state index contributed by atoms with van der Waals surface area (Å²) < 4.78 is 14.1. The standard InChI is InChI=1S/C23H26ClFN6O2/c1-11-9-31(10-12(2)20(11)25)22(33)15-7-26-23(27-8-15)28-13(3)16-5-17-19(6-18(16)24)29-14(4)30-21(17)32/h5-8,11-13,20H,9-10H2,1-4H3,(H,26,27,28)(H,29,30,32)/t11-,12+,13-,20?/m0/s1. The van der Waals surface area contributed by atoms with Gasteiger partial charge in [0.15, 0.2) is 0 Å². The molecule has 1 aliphatic rings. The molecule has 3 heterocycles. The Labute approximate surface area is 195 Å². The molecule has 10 heteroatoms. The lowest BCUT2D eigenvalue weighted by Gasteiger charge is -2.37. The van der Waals surface area contributed by atoms with Gasteiger partial charge in [-0.1, -0.05) is 25.4 Å². The number of likely N-dealkylation sites (tertiary alicyclic amines) is 1. The largest absolute Gasteiger partial charge is 0.348 e. The van der Waals surface area contributed by atoms with Gasteiger partial charge in [0, 0.05) is 42.3 Å². The van der Waals surface area contributed by atoms with Gasteiger partial charge in [-0.2, -0.15) is 0 Å². The molecule has 0 radical (unpaired) electrons. The van der Waals surface area contributed by atoms with E-state index in [1.165, 1.54) is 12.4 Å². The first-order valence-electron chi connectivity index (χ1n) is 10.9. The summed E-state index contributed by atoms with van der Waals surface area (Å²) in [6.07, 6.45) is 2.01. The molecule has 0 bridgehead atoms. The molecule has 1 aromatic carbocycles. The molecular weight excluding hydrogens is 447 g/mol. The predicted molar refractivity (Wildman–Crippen MR) is 125 cm³/mol. The van der Waals surface area contributed by atoms with Gasteiger partial charge in [0.2, 0.25) is 5.95 Å². The van der Waals surface area contributed by atoms with Gasteiger partial charge in [-0.25, -0.2) is 19.3 Å². The molecule has 1 saturated heterocycles. The number of halogens is 2. The number of nitrogens with one attached hydrogen (secondary N) is 2. The van der Waals surface area contributed by atoms with E-state index in [9.17, 15) is 14.0 Å². The zero-order valence-corrected chi connectivity index (χ0v) is 19.7. The highest BCUT2D eigenvalue weighted by atomic mass is 35.5. The normalized spacial score (nSPS) is 21.8. The Balaban J connectivity index is 1.50. The van der Waals surface area contributed by atoms with Crippen LogP contribution in [0.1, 0.15) is 48.6 Å². The Morgan fingerprint density at radius 1 is 1.24 bits per heavy atom. The monoisotopic (exact) mass is 472 g/mol. The van der Waals surface area contributed by atoms with Crippen molar-refractivity contribution in [1.82, 2.24) is 24.8 Å². The molecule has 3 aromatic rings. The average molecular weight is 473 g/mol. The lowest BCUT2D eigenvalue weighted by atomic mass is 9.89. The first-order chi connectivity index (χ1) is 15.6. The topological polar surface area (TPSA) is 104 Å². The minimum absolute atomic E-state index is 0.209. The van der Waals surface area contributed by atoms with Crippen LogP contribution in [0, 0.1) is 18.8 Å². The molecular formula is C23H26ClFN6O2. The van der Waals surface area contributed by atoms with Crippen molar-refractivity contribution in [2.24, 2.45) is 11.8 Å². The minimum atomic E-state index is -0.907. The first-order valence-corrected chi connectivity index (χ1v) is 11.2. The number of hydrogen-bond acceptors (Lipinski definition) is 6. The summed E-state index contributed by atoms with van der Waals surface area (Å²) in [4.78, 5) is 42.3. The molecule has 4 rings (SSSR count). The third-order valence-corrected chi connectivity index (χ3v) is 6.37. The number of alkyl halides is 1. The highest BCUT2D eigenvalue weighted by molar-refractivity contribution is 6.32. The van der Waals surface area contributed by atoms with Crippen molar-refractivity contribution in [2.45, 2.75) is 39.9 Å². The number of aromatic nitrogens is 4. The first kappa shape index (κ1) is 23.1. The Morgan fingerprint density at radius 2 is 1.88 bits per heavy atom. The van der Waals surface area contributed by atoms with Crippen LogP contribution in [0.4, 0.5) is 10.3 Å². The maximum atomic E-state index is 14.1. The van der Waals surface area contributed by atoms with Gasteiger partial charge in [-0.15, -0.1) is 0 Å². The van der Waals surface area contributed by atoms with Crippen molar-refractivity contribution < 1.29 is 9.18 Å². The fourth-order valence-electron chi connectivity index (χ4n) is 4.29. The lowest BCUT2D eigenvalue weighted by molar-refractivity contribution is 0.0368. The molecule has 174 valence electrons. The van der Waals surface area contributed by atoms with E-state index in [0.29, 0.717) is 51.9 Å². The number of nitrogens with zero attached hydrogens (tertiary/aromatic N) is 4. The van der Waals surface area contributed by atoms with Crippen LogP contribution >= 0.6 is 11.6 Å². The zero-order valence-electron chi connectivity index (χ0n) is 18.9. The summed E-state index contributed by atoms with van der Waals surface area (Å²) in [5, 5.41) is 4.05. The molecule has 1 fully saturated rings. The van der Waals surface area contributed by atoms with Crippen molar-refractivity contribution in [3.8, 4) is 0 Å². The van der Waals surface area contributed by atoms with Crippen LogP contribution in [-0.2, 0) is 0 Å². The number of aromatic amines is 1. The summed E-state index contributed by atoms with van der Waals surface area (Å²) >= 11 is 6.45. The fraction of sp³-hybridized carbons (Fsp3) is 0.435. The van der Waals surface area contributed by atoms with Gasteiger partial charge in [-0.05, 0) is 31.5 Å². The van der Waals surface area contributed by atoms with E-state index in [1.807, 2.05) is 20.8 Å². The second kappa shape index (κ2) is 9.05. The Bertz CT molecular complexity index is 1240. The van der Waals surface area contributed by atoms with Gasteiger partial charge in [0.05, 0.1) is 22.5 Å². The molecule has 1 aliphatic heterocycles. The molecule has 8 nitrogen and oxygen atoms in total. The lowest BCUT2D eigenvalue weighted by Crippen LogP contribution is -2.48. The summed E-state index contributed by atoms with van der Waals surface area (Å²) in [7, 11) is 0. The molecule has 1 unspecified atom stereocenters. The second-order valence-electron chi connectivity index (χ2n) is 8.81. The maximum absolute atomic E-state index is 14.1. The predicted octanol–water partition coefficient (Wildman–Crippen LogP) is 3.91. The number of piperidine rings is 1. The molecule has 4 atom stereocenters. The smallest absolute Gasteiger partial charge is 0.258 e. The van der Waals surface area contributed by atoms with Crippen LogP contribution in [0.3, 0.4) is 0 Å². The van der Waals surface area contributed by atoms with Crippen LogP contribution in [0.5, 0.6) is 0 Å². The molecule has 1 amide bonds. The Morgan fingerprint density at radius 3 is 2.52 bits per heavy atom. The zero-order chi connectivity index (χ0) is 23.9. The van der Waals surface area contributed by atoms with E-state index < -0.39 is 6.17 Å². The average Bonchev–Trinajstić information content (AvgIpc) is 2.76. The van der Waals surface area contributed by atoms with Crippen LogP contribution in [-0.4, -0.2) is 50.0 Å². The number of benzene rings is 1. The van der Waals surface area contributed by atoms with E-state index in [1.54, 1.807) is 24.0 Å². The Kier molecular flexibility index (Phi) is 6.34. The van der Waals surface area contributed by atoms with Gasteiger partial charge < -0.3 is 15.2 Å². The molecule has 0 aliphatic carbocycles. The summed E-state index contributed by atoms with van der Waals surface area (Å²) in [5.41, 5.74) is 1.33. The highest BCUT2D eigenvalue weighted by Gasteiger charge is 2.34. The number of aryl methyl sites for hydroxylation is 1. The quantitative estimate of drug-likeness (QED) is 0.596. The van der Waals surface area contributed by atoms with E-state index in [4.69, 9.17) is 11.6 Å². The van der Waals surface area contributed by atoms with E-state index >= 15 is 0 Å². The van der Waals surface area contributed by atoms with Gasteiger partial charge in [0.25, 0.3) is 11.5 Å². The highest BCUT2D eigenvalue weighted by Crippen LogP contribution is 2.29. The fourth-order valence-corrected chi connectivity index (χ4v) is 4.61. The van der Waals surface area contributed by atoms with E-state index in [2.05, 4.69) is 25.3 Å². The van der Waals surface area contributed by atoms with E-state index in [0.717, 1.165) is 0 Å². The van der Waals surface area contributed by atoms with Crippen LogP contribution in [0.2, 0.25) is 5.02 Å². The third kappa shape index (κ3) is 4.68. The number of carbonyl (C=O) groups is 1. The summed E-state index contributed by atoms with van der Waals surface area (Å²) in [6, 6.07) is 3.06. The number of H-pyrrole nitrogens is 1. The van der Waals surface area contributed by atoms with Gasteiger partial charge in [-0.3, -0.25) is 9.59 Å². The van der Waals surface area contributed by atoms with Crippen molar-refractivity contribution in [3.05, 3.63) is 56.9 Å². The van der Waals surface area contributed by atoms with Crippen molar-refractivity contribution in [2.75, 3.05) is 18.4 Å². The number of amides is 1. The van der Waals surface area contributed by atoms with E-state index in [-0.39, 0.29) is 29.3 Å². The third-order valence-electron chi connectivity index (χ3n) is 6.04. The molecule has 0 saturated carbocycles. The number of carbonyl (C=O) groups excluding carboxylic acids is 1. The van der Waals surface area contributed by atoms with Crippen LogP contribution < -0.4 is 10.9 Å². The van der Waals surface area contributed by atoms with Crippen molar-refractivity contribution in [1.29, 1.82) is 0 Å². The summed E-state index contributed by atoms with van der Waals surface area (Å²) in [5.74, 6) is 0.204. The van der Waals surface area contributed by atoms with Gasteiger partial charge >= 0.3 is 0 Å². The molecule has 2 N–H and O–H groups in total. The second-order valence-corrected chi connectivity index (χ2v) is 9.22. The summed E-state index contributed by atoms with van der Waals surface area (Å²) in [6.45, 7) is 7.95. The molecule has 2 aromatic heterocycles. The number of hydrogen-bond donors (Lipinski definition) is 2. The number of rotatable bonds is 4. The number of fused-ring (bicyclic) bond motifs is 1. The SMILES string of the molecule is Cc1nc2cc(Cl)c([C@H](C)Nc3ncc(C(=O)N4C[C@@H](C)C(F)[C@@H](C)C4)cn3)cc2c(=O)[nH]1. The Hall–Kier alpha value is -3.07. The molecule has 0 spiro atoms. The minimum Gasteiger partial charge on any atom is -0.348 e. The van der Waals surface area contributed by atoms with Crippen molar-refractivity contribution in [3.63, 3.8) is 0 Å². The van der Waals surface area contributed by atoms with Crippen LogP contribution in [0.15, 0.2) is 29.3 Å². The maximum Gasteiger partial charge on any atom is 0.258 e. The number of anilines is 1. The van der Waals surface area contributed by atoms with Crippen molar-refractivity contribution >= 4 is 34.4 Å². The molecule has 33 heavy (non-hydrogen) atoms. The van der Waals surface area contributed by atoms with Gasteiger partial charge in [0.1, 0.15) is 12.0 Å². The van der Waals surface area contributed by atoms with Crippen LogP contribution in [0.25, 0.3) is 10.9 Å².